The van der Waals surface area contributed by atoms with Crippen LogP contribution in [-0.2, 0) is 6.42 Å². The topological polar surface area (TPSA) is 33.6 Å². The first-order valence-electron chi connectivity index (χ1n) is 16.5. The van der Waals surface area contributed by atoms with Gasteiger partial charge in [0, 0.05) is 44.6 Å². The molecule has 2 heterocycles. The van der Waals surface area contributed by atoms with E-state index in [1.165, 1.54) is 49.5 Å². The molecule has 47 heavy (non-hydrogen) atoms. The van der Waals surface area contributed by atoms with Crippen molar-refractivity contribution in [3.8, 4) is 17.4 Å². The van der Waals surface area contributed by atoms with E-state index in [-0.39, 0.29) is 5.92 Å². The molecule has 0 bridgehead atoms. The van der Waals surface area contributed by atoms with Gasteiger partial charge in [-0.1, -0.05) is 110 Å². The van der Waals surface area contributed by atoms with Crippen molar-refractivity contribution in [2.75, 3.05) is 0 Å². The molecule has 0 aliphatic heterocycles. The standard InChI is InChI=1S/C44H33N3/c1-29-24-25-37-36-17-4-8-22-41(36)47(43(37)26-29)42-23-9-5-18-38(42)44-31(28-45)13-11-19-33(44)30-12-10-14-32(27-30)46-39-20-6-2-15-34(39)35-16-3-7-21-40(35)46/h2-18,20-25,27,29,33H,19,26H2,1H3. The maximum atomic E-state index is 10.6. The van der Waals surface area contributed by atoms with Gasteiger partial charge >= 0.3 is 0 Å². The smallest absolute Gasteiger partial charge is 0.0994 e. The molecule has 0 spiro atoms. The second-order valence-corrected chi connectivity index (χ2v) is 12.9. The number of nitriles is 1. The van der Waals surface area contributed by atoms with Crippen molar-refractivity contribution < 1.29 is 0 Å². The molecule has 2 aliphatic carbocycles. The number of aromatic nitrogens is 2. The van der Waals surface area contributed by atoms with Gasteiger partial charge in [-0.25, -0.2) is 0 Å². The number of rotatable bonds is 4. The van der Waals surface area contributed by atoms with E-state index >= 15 is 0 Å². The van der Waals surface area contributed by atoms with Gasteiger partial charge in [0.05, 0.1) is 33.9 Å². The van der Waals surface area contributed by atoms with Crippen molar-refractivity contribution in [1.82, 2.24) is 9.13 Å². The van der Waals surface area contributed by atoms with Crippen LogP contribution in [0.15, 0.2) is 145 Å². The summed E-state index contributed by atoms with van der Waals surface area (Å²) in [5, 5.41) is 14.3. The average Bonchev–Trinajstić information content (AvgIpc) is 3.64. The van der Waals surface area contributed by atoms with Crippen molar-refractivity contribution >= 4 is 44.4 Å². The molecule has 7 aromatic rings. The molecule has 0 amide bonds. The highest BCUT2D eigenvalue weighted by atomic mass is 15.0. The van der Waals surface area contributed by atoms with E-state index in [2.05, 4.69) is 162 Å². The highest BCUT2D eigenvalue weighted by Crippen LogP contribution is 2.45. The molecule has 2 unspecified atom stereocenters. The van der Waals surface area contributed by atoms with Gasteiger partial charge in [0.15, 0.2) is 0 Å². The minimum Gasteiger partial charge on any atom is -0.312 e. The Hall–Kier alpha value is -5.85. The summed E-state index contributed by atoms with van der Waals surface area (Å²) in [4.78, 5) is 0. The van der Waals surface area contributed by atoms with E-state index in [1.54, 1.807) is 0 Å². The largest absolute Gasteiger partial charge is 0.312 e. The lowest BCUT2D eigenvalue weighted by molar-refractivity contribution is 0.690. The van der Waals surface area contributed by atoms with Crippen LogP contribution >= 0.6 is 0 Å². The lowest BCUT2D eigenvalue weighted by Crippen LogP contribution is -2.13. The van der Waals surface area contributed by atoms with Crippen LogP contribution in [0.5, 0.6) is 0 Å². The number of benzene rings is 5. The molecule has 0 fully saturated rings. The molecule has 0 saturated heterocycles. The van der Waals surface area contributed by atoms with Crippen molar-refractivity contribution in [1.29, 1.82) is 5.26 Å². The SMILES string of the molecule is CC1C=Cc2c(n(-c3ccccc3C3=C(C#N)C=CCC3c3cccc(-n4c5ccccc5c5ccccc54)c3)c3ccccc23)C1. The number of nitrogens with zero attached hydrogens (tertiary/aromatic N) is 3. The molecule has 0 saturated carbocycles. The average molecular weight is 604 g/mol. The lowest BCUT2D eigenvalue weighted by atomic mass is 9.78. The highest BCUT2D eigenvalue weighted by Gasteiger charge is 2.28. The van der Waals surface area contributed by atoms with Crippen LogP contribution in [0.4, 0.5) is 0 Å². The van der Waals surface area contributed by atoms with Crippen LogP contribution in [0.3, 0.4) is 0 Å². The molecular weight excluding hydrogens is 571 g/mol. The summed E-state index contributed by atoms with van der Waals surface area (Å²) in [5.74, 6) is 0.487. The van der Waals surface area contributed by atoms with Crippen LogP contribution < -0.4 is 0 Å². The van der Waals surface area contributed by atoms with Crippen LogP contribution in [0.25, 0.3) is 55.7 Å². The number of hydrogen-bond acceptors (Lipinski definition) is 1. The van der Waals surface area contributed by atoms with E-state index < -0.39 is 0 Å². The first-order chi connectivity index (χ1) is 23.2. The molecular formula is C44H33N3. The minimum atomic E-state index is 0.0281. The molecule has 2 aromatic heterocycles. The fourth-order valence-corrected chi connectivity index (χ4v) is 8.04. The van der Waals surface area contributed by atoms with Gasteiger partial charge < -0.3 is 9.13 Å². The van der Waals surface area contributed by atoms with Gasteiger partial charge in [-0.05, 0) is 72.4 Å². The minimum absolute atomic E-state index is 0.0281. The Balaban J connectivity index is 1.24. The second-order valence-electron chi connectivity index (χ2n) is 12.9. The first kappa shape index (κ1) is 27.5. The van der Waals surface area contributed by atoms with E-state index in [4.69, 9.17) is 0 Å². The summed E-state index contributed by atoms with van der Waals surface area (Å²) in [7, 11) is 0. The Labute approximate surface area is 274 Å². The van der Waals surface area contributed by atoms with Crippen LogP contribution in [0, 0.1) is 17.2 Å². The van der Waals surface area contributed by atoms with Crippen molar-refractivity contribution in [3.63, 3.8) is 0 Å². The molecule has 5 aromatic carbocycles. The van der Waals surface area contributed by atoms with Crippen molar-refractivity contribution in [3.05, 3.63) is 168 Å². The number of fused-ring (bicyclic) bond motifs is 6. The third-order valence-electron chi connectivity index (χ3n) is 10.1. The highest BCUT2D eigenvalue weighted by molar-refractivity contribution is 6.09. The van der Waals surface area contributed by atoms with Crippen LogP contribution in [-0.4, -0.2) is 9.13 Å². The molecule has 3 nitrogen and oxygen atoms in total. The summed E-state index contributed by atoms with van der Waals surface area (Å²) < 4.78 is 4.84. The predicted molar refractivity (Wildman–Crippen MR) is 195 cm³/mol. The summed E-state index contributed by atoms with van der Waals surface area (Å²) in [6, 6.07) is 46.3. The zero-order valence-corrected chi connectivity index (χ0v) is 26.3. The van der Waals surface area contributed by atoms with Gasteiger partial charge in [0.1, 0.15) is 0 Å². The van der Waals surface area contributed by atoms with Gasteiger partial charge in [-0.15, -0.1) is 0 Å². The first-order valence-corrected chi connectivity index (χ1v) is 16.5. The maximum Gasteiger partial charge on any atom is 0.0994 e. The summed E-state index contributed by atoms with van der Waals surface area (Å²) in [6.45, 7) is 2.29. The van der Waals surface area contributed by atoms with E-state index in [9.17, 15) is 5.26 Å². The molecule has 9 rings (SSSR count). The third-order valence-corrected chi connectivity index (χ3v) is 10.1. The third kappa shape index (κ3) is 4.26. The monoisotopic (exact) mass is 603 g/mol. The number of hydrogen-bond donors (Lipinski definition) is 0. The van der Waals surface area contributed by atoms with E-state index in [0.717, 1.165) is 40.9 Å². The number of allylic oxidation sites excluding steroid dienone is 5. The second kappa shape index (κ2) is 10.9. The summed E-state index contributed by atoms with van der Waals surface area (Å²) >= 11 is 0. The Bertz CT molecular complexity index is 2450. The Morgan fingerprint density at radius 3 is 2.09 bits per heavy atom. The fourth-order valence-electron chi connectivity index (χ4n) is 8.04. The summed E-state index contributed by atoms with van der Waals surface area (Å²) in [5.41, 5.74) is 12.7. The number of para-hydroxylation sites is 4. The molecule has 224 valence electrons. The van der Waals surface area contributed by atoms with E-state index in [1.807, 2.05) is 6.08 Å². The van der Waals surface area contributed by atoms with Crippen molar-refractivity contribution in [2.45, 2.75) is 25.7 Å². The zero-order valence-electron chi connectivity index (χ0n) is 26.3. The van der Waals surface area contributed by atoms with Crippen molar-refractivity contribution in [2.24, 2.45) is 5.92 Å². The van der Waals surface area contributed by atoms with Crippen LogP contribution in [0.2, 0.25) is 0 Å². The summed E-state index contributed by atoms with van der Waals surface area (Å²) in [6.07, 6.45) is 10.6. The molecule has 3 heteroatoms. The Morgan fingerprint density at radius 2 is 1.34 bits per heavy atom. The maximum absolute atomic E-state index is 10.6. The predicted octanol–water partition coefficient (Wildman–Crippen LogP) is 11.0. The molecule has 0 N–H and O–H groups in total. The van der Waals surface area contributed by atoms with Gasteiger partial charge in [-0.3, -0.25) is 0 Å². The Morgan fingerprint density at radius 1 is 0.681 bits per heavy atom. The molecule has 2 atom stereocenters. The quantitative estimate of drug-likeness (QED) is 0.197. The zero-order chi connectivity index (χ0) is 31.5. The van der Waals surface area contributed by atoms with Crippen LogP contribution in [0.1, 0.15) is 41.6 Å². The molecule has 2 aliphatic rings. The van der Waals surface area contributed by atoms with Gasteiger partial charge in [0.25, 0.3) is 0 Å². The van der Waals surface area contributed by atoms with Gasteiger partial charge in [-0.2, -0.15) is 5.26 Å². The normalized spacial score (nSPS) is 17.4. The fraction of sp³-hybridized carbons (Fsp3) is 0.114. The Kier molecular flexibility index (Phi) is 6.37. The lowest BCUT2D eigenvalue weighted by Gasteiger charge is -2.27. The van der Waals surface area contributed by atoms with E-state index in [0.29, 0.717) is 5.92 Å². The van der Waals surface area contributed by atoms with Gasteiger partial charge in [0.2, 0.25) is 0 Å². The molecule has 0 radical (unpaired) electrons.